The Morgan fingerprint density at radius 3 is 2.92 bits per heavy atom. The van der Waals surface area contributed by atoms with Crippen LogP contribution in [0, 0.1) is 0 Å². The van der Waals surface area contributed by atoms with E-state index in [9.17, 15) is 4.79 Å². The summed E-state index contributed by atoms with van der Waals surface area (Å²) in [5, 5.41) is 5.39. The lowest BCUT2D eigenvalue weighted by atomic mass is 9.97. The molecule has 0 saturated carbocycles. The zero-order valence-corrected chi connectivity index (χ0v) is 15.8. The number of fused-ring (bicyclic) bond motifs is 2. The Labute approximate surface area is 159 Å². The van der Waals surface area contributed by atoms with Crippen LogP contribution in [-0.4, -0.2) is 22.3 Å². The minimum Gasteiger partial charge on any atom is -0.361 e. The van der Waals surface area contributed by atoms with Gasteiger partial charge in [0.05, 0.1) is 12.5 Å². The minimum atomic E-state index is 0.0581. The average molecular weight is 379 g/mol. The second-order valence-electron chi connectivity index (χ2n) is 6.59. The highest BCUT2D eigenvalue weighted by Crippen LogP contribution is 2.39. The van der Waals surface area contributed by atoms with E-state index in [1.54, 1.807) is 11.3 Å². The number of hydrogen-bond donors (Lipinski definition) is 1. The molecule has 0 spiro atoms. The number of thiophene rings is 2. The van der Waals surface area contributed by atoms with Gasteiger partial charge in [-0.25, -0.2) is 0 Å². The van der Waals surface area contributed by atoms with Crippen molar-refractivity contribution in [2.24, 2.45) is 0 Å². The van der Waals surface area contributed by atoms with E-state index < -0.39 is 0 Å². The standard InChI is InChI=1S/C21H18N2OS2/c24-20(12-14-13-22-17-5-2-1-4-15(14)17)23-9-7-18-16(8-11-26-18)21(23)19-6-3-10-25-19/h1-6,8,10-11,13,21-22H,7,9,12H2/t21-/m0/s1. The van der Waals surface area contributed by atoms with Crippen molar-refractivity contribution < 1.29 is 4.79 Å². The normalized spacial score (nSPS) is 16.8. The molecule has 3 nitrogen and oxygen atoms in total. The van der Waals surface area contributed by atoms with Crippen LogP contribution in [0.5, 0.6) is 0 Å². The van der Waals surface area contributed by atoms with Gasteiger partial charge in [-0.2, -0.15) is 0 Å². The highest BCUT2D eigenvalue weighted by Gasteiger charge is 2.33. The molecule has 1 aromatic carbocycles. The molecule has 0 bridgehead atoms. The summed E-state index contributed by atoms with van der Waals surface area (Å²) in [6, 6.07) is 14.6. The summed E-state index contributed by atoms with van der Waals surface area (Å²) in [6.07, 6.45) is 3.36. The molecule has 4 aromatic rings. The van der Waals surface area contributed by atoms with Crippen LogP contribution in [0.2, 0.25) is 0 Å². The number of para-hydroxylation sites is 1. The first kappa shape index (κ1) is 15.9. The van der Waals surface area contributed by atoms with Crippen LogP contribution in [0.1, 0.15) is 26.9 Å². The molecule has 1 aliphatic heterocycles. The van der Waals surface area contributed by atoms with Crippen LogP contribution >= 0.6 is 22.7 Å². The average Bonchev–Trinajstić information content (AvgIpc) is 3.41. The maximum atomic E-state index is 13.3. The fourth-order valence-electron chi connectivity index (χ4n) is 3.88. The predicted octanol–water partition coefficient (Wildman–Crippen LogP) is 5.01. The van der Waals surface area contributed by atoms with Crippen molar-refractivity contribution in [1.29, 1.82) is 0 Å². The topological polar surface area (TPSA) is 36.1 Å². The van der Waals surface area contributed by atoms with E-state index in [1.165, 1.54) is 15.3 Å². The van der Waals surface area contributed by atoms with Gasteiger partial charge in [-0.15, -0.1) is 22.7 Å². The molecular weight excluding hydrogens is 360 g/mol. The minimum absolute atomic E-state index is 0.0581. The molecule has 0 saturated heterocycles. The van der Waals surface area contributed by atoms with E-state index in [0.717, 1.165) is 29.4 Å². The number of H-pyrrole nitrogens is 1. The summed E-state index contributed by atoms with van der Waals surface area (Å²) in [6.45, 7) is 0.789. The Morgan fingerprint density at radius 2 is 2.04 bits per heavy atom. The molecular formula is C21H18N2OS2. The monoisotopic (exact) mass is 378 g/mol. The largest absolute Gasteiger partial charge is 0.361 e. The van der Waals surface area contributed by atoms with Crippen molar-refractivity contribution >= 4 is 39.5 Å². The van der Waals surface area contributed by atoms with Gasteiger partial charge < -0.3 is 9.88 Å². The van der Waals surface area contributed by atoms with Crippen LogP contribution < -0.4 is 0 Å². The van der Waals surface area contributed by atoms with Crippen LogP contribution in [0.15, 0.2) is 59.4 Å². The lowest BCUT2D eigenvalue weighted by molar-refractivity contribution is -0.132. The third-order valence-electron chi connectivity index (χ3n) is 5.12. The summed E-state index contributed by atoms with van der Waals surface area (Å²) in [5.41, 5.74) is 3.46. The summed E-state index contributed by atoms with van der Waals surface area (Å²) in [4.78, 5) is 21.3. The molecule has 4 heterocycles. The summed E-state index contributed by atoms with van der Waals surface area (Å²) in [7, 11) is 0. The summed E-state index contributed by atoms with van der Waals surface area (Å²) < 4.78 is 0. The molecule has 1 atom stereocenters. The predicted molar refractivity (Wildman–Crippen MR) is 108 cm³/mol. The summed E-state index contributed by atoms with van der Waals surface area (Å²) >= 11 is 3.54. The molecule has 130 valence electrons. The fourth-order valence-corrected chi connectivity index (χ4v) is 5.64. The van der Waals surface area contributed by atoms with Crippen molar-refractivity contribution in [2.75, 3.05) is 6.54 Å². The fraction of sp³-hybridized carbons (Fsp3) is 0.190. The maximum Gasteiger partial charge on any atom is 0.227 e. The van der Waals surface area contributed by atoms with E-state index in [0.29, 0.717) is 6.42 Å². The SMILES string of the molecule is O=C(Cc1c[nH]c2ccccc12)N1CCc2sccc2[C@H]1c1cccs1. The van der Waals surface area contributed by atoms with Crippen LogP contribution in [0.3, 0.4) is 0 Å². The number of carbonyl (C=O) groups is 1. The number of rotatable bonds is 3. The molecule has 0 unspecified atom stereocenters. The van der Waals surface area contributed by atoms with Crippen LogP contribution in [0.25, 0.3) is 10.9 Å². The van der Waals surface area contributed by atoms with E-state index in [-0.39, 0.29) is 11.9 Å². The lowest BCUT2D eigenvalue weighted by Crippen LogP contribution is -2.40. The highest BCUT2D eigenvalue weighted by atomic mass is 32.1. The number of aromatic amines is 1. The van der Waals surface area contributed by atoms with E-state index in [4.69, 9.17) is 0 Å². The van der Waals surface area contributed by atoms with Gasteiger partial charge in [-0.3, -0.25) is 4.79 Å². The van der Waals surface area contributed by atoms with Crippen molar-refractivity contribution in [3.63, 3.8) is 0 Å². The van der Waals surface area contributed by atoms with Gasteiger partial charge >= 0.3 is 0 Å². The third kappa shape index (κ3) is 2.59. The van der Waals surface area contributed by atoms with E-state index in [1.807, 2.05) is 29.7 Å². The zero-order valence-electron chi connectivity index (χ0n) is 14.1. The second-order valence-corrected chi connectivity index (χ2v) is 8.57. The first-order valence-electron chi connectivity index (χ1n) is 8.75. The molecule has 1 amide bonds. The summed E-state index contributed by atoms with van der Waals surface area (Å²) in [5.74, 6) is 0.199. The molecule has 0 radical (unpaired) electrons. The van der Waals surface area contributed by atoms with Gasteiger partial charge in [0.15, 0.2) is 0 Å². The number of nitrogens with zero attached hydrogens (tertiary/aromatic N) is 1. The lowest BCUT2D eigenvalue weighted by Gasteiger charge is -2.35. The molecule has 1 aliphatic rings. The Hall–Kier alpha value is -2.37. The highest BCUT2D eigenvalue weighted by molar-refractivity contribution is 7.10. The molecule has 26 heavy (non-hydrogen) atoms. The second kappa shape index (κ2) is 6.41. The van der Waals surface area contributed by atoms with Crippen LogP contribution in [-0.2, 0) is 17.6 Å². The zero-order chi connectivity index (χ0) is 17.5. The van der Waals surface area contributed by atoms with Crippen molar-refractivity contribution in [3.05, 3.63) is 80.3 Å². The number of carbonyl (C=O) groups excluding carboxylic acids is 1. The number of benzene rings is 1. The maximum absolute atomic E-state index is 13.3. The Morgan fingerprint density at radius 1 is 1.12 bits per heavy atom. The number of hydrogen-bond acceptors (Lipinski definition) is 3. The number of amides is 1. The van der Waals surface area contributed by atoms with E-state index >= 15 is 0 Å². The van der Waals surface area contributed by atoms with Crippen molar-refractivity contribution in [2.45, 2.75) is 18.9 Å². The van der Waals surface area contributed by atoms with Crippen molar-refractivity contribution in [3.8, 4) is 0 Å². The third-order valence-corrected chi connectivity index (χ3v) is 7.04. The number of nitrogens with one attached hydrogen (secondary N) is 1. The first-order valence-corrected chi connectivity index (χ1v) is 10.5. The smallest absolute Gasteiger partial charge is 0.227 e. The Balaban J connectivity index is 1.49. The first-order chi connectivity index (χ1) is 12.8. The molecule has 0 aliphatic carbocycles. The quantitative estimate of drug-likeness (QED) is 0.535. The molecule has 3 aromatic heterocycles. The van der Waals surface area contributed by atoms with Gasteiger partial charge in [0, 0.05) is 33.4 Å². The van der Waals surface area contributed by atoms with Gasteiger partial charge in [0.25, 0.3) is 0 Å². The van der Waals surface area contributed by atoms with Gasteiger partial charge in [0.1, 0.15) is 0 Å². The molecule has 1 N–H and O–H groups in total. The molecule has 5 heteroatoms. The Kier molecular flexibility index (Phi) is 3.91. The van der Waals surface area contributed by atoms with Gasteiger partial charge in [-0.1, -0.05) is 24.3 Å². The molecule has 0 fully saturated rings. The van der Waals surface area contributed by atoms with E-state index in [2.05, 4.69) is 51.0 Å². The van der Waals surface area contributed by atoms with Crippen LogP contribution in [0.4, 0.5) is 0 Å². The van der Waals surface area contributed by atoms with Gasteiger partial charge in [0.2, 0.25) is 5.91 Å². The van der Waals surface area contributed by atoms with Crippen molar-refractivity contribution in [1.82, 2.24) is 9.88 Å². The number of aromatic nitrogens is 1. The Bertz CT molecular complexity index is 1060. The van der Waals surface area contributed by atoms with Gasteiger partial charge in [-0.05, 0) is 46.5 Å². The molecule has 5 rings (SSSR count).